The van der Waals surface area contributed by atoms with Gasteiger partial charge in [0.15, 0.2) is 5.82 Å². The Bertz CT molecular complexity index is 544. The number of nitrogens with zero attached hydrogens (tertiary/aromatic N) is 2. The highest BCUT2D eigenvalue weighted by Crippen LogP contribution is 2.25. The third-order valence-corrected chi connectivity index (χ3v) is 2.75. The molecule has 82 valence electrons. The minimum absolute atomic E-state index is 0.0680. The Hall–Kier alpha value is -1.36. The number of aromatic nitrogens is 2. The topological polar surface area (TPSA) is 25.8 Å². The number of halogens is 3. The molecular weight excluding hydrogens is 278 g/mol. The van der Waals surface area contributed by atoms with Crippen molar-refractivity contribution in [3.05, 3.63) is 46.3 Å². The maximum absolute atomic E-state index is 13.6. The Morgan fingerprint density at radius 3 is 2.62 bits per heavy atom. The lowest BCUT2D eigenvalue weighted by Crippen LogP contribution is -1.94. The highest BCUT2D eigenvalue weighted by molar-refractivity contribution is 9.10. The Kier molecular flexibility index (Phi) is 2.96. The molecule has 0 radical (unpaired) electrons. The van der Waals surface area contributed by atoms with E-state index in [4.69, 9.17) is 0 Å². The lowest BCUT2D eigenvalue weighted by Gasteiger charge is -2.04. The summed E-state index contributed by atoms with van der Waals surface area (Å²) in [6.45, 7) is 1.64. The minimum Gasteiger partial charge on any atom is -0.233 e. The van der Waals surface area contributed by atoms with Crippen molar-refractivity contribution < 1.29 is 8.78 Å². The van der Waals surface area contributed by atoms with Crippen molar-refractivity contribution in [3.63, 3.8) is 0 Å². The third-order valence-electron chi connectivity index (χ3n) is 2.19. The summed E-state index contributed by atoms with van der Waals surface area (Å²) in [5, 5.41) is 0. The fraction of sp³-hybridized carbons (Fsp3) is 0.0909. The first-order valence-electron chi connectivity index (χ1n) is 4.52. The molecule has 5 heteroatoms. The first-order chi connectivity index (χ1) is 7.59. The molecule has 1 heterocycles. The van der Waals surface area contributed by atoms with Crippen molar-refractivity contribution in [2.24, 2.45) is 0 Å². The molecule has 0 saturated carbocycles. The predicted molar refractivity (Wildman–Crippen MR) is 59.8 cm³/mol. The van der Waals surface area contributed by atoms with E-state index in [1.165, 1.54) is 12.4 Å². The van der Waals surface area contributed by atoms with Gasteiger partial charge in [-0.3, -0.25) is 0 Å². The largest absolute Gasteiger partial charge is 0.233 e. The SMILES string of the molecule is Cc1ccc(-c2ncnc(Br)c2F)cc1F. The first kappa shape index (κ1) is 11.1. The molecule has 0 unspecified atom stereocenters. The normalized spacial score (nSPS) is 10.5. The quantitative estimate of drug-likeness (QED) is 0.749. The van der Waals surface area contributed by atoms with E-state index in [1.807, 2.05) is 0 Å². The Morgan fingerprint density at radius 2 is 1.94 bits per heavy atom. The van der Waals surface area contributed by atoms with E-state index in [1.54, 1.807) is 19.1 Å². The van der Waals surface area contributed by atoms with E-state index in [-0.39, 0.29) is 16.1 Å². The predicted octanol–water partition coefficient (Wildman–Crippen LogP) is 3.49. The van der Waals surface area contributed by atoms with Crippen LogP contribution in [0.1, 0.15) is 5.56 Å². The van der Waals surface area contributed by atoms with Crippen LogP contribution in [0, 0.1) is 18.6 Å². The van der Waals surface area contributed by atoms with Crippen LogP contribution in [-0.4, -0.2) is 9.97 Å². The summed E-state index contributed by atoms with van der Waals surface area (Å²) in [4.78, 5) is 7.44. The molecule has 0 atom stereocenters. The van der Waals surface area contributed by atoms with Gasteiger partial charge in [-0.05, 0) is 34.5 Å². The molecule has 1 aromatic heterocycles. The van der Waals surface area contributed by atoms with Crippen molar-refractivity contribution in [1.29, 1.82) is 0 Å². The molecule has 2 nitrogen and oxygen atoms in total. The molecule has 16 heavy (non-hydrogen) atoms. The van der Waals surface area contributed by atoms with Crippen LogP contribution in [0.15, 0.2) is 29.1 Å². The first-order valence-corrected chi connectivity index (χ1v) is 5.31. The van der Waals surface area contributed by atoms with Gasteiger partial charge in [0.25, 0.3) is 0 Å². The Balaban J connectivity index is 2.59. The van der Waals surface area contributed by atoms with Crippen molar-refractivity contribution in [3.8, 4) is 11.3 Å². The van der Waals surface area contributed by atoms with Crippen LogP contribution in [0.25, 0.3) is 11.3 Å². The van der Waals surface area contributed by atoms with Gasteiger partial charge in [0, 0.05) is 5.56 Å². The molecule has 0 aliphatic rings. The number of hydrogen-bond donors (Lipinski definition) is 0. The Morgan fingerprint density at radius 1 is 1.19 bits per heavy atom. The van der Waals surface area contributed by atoms with Crippen LogP contribution in [-0.2, 0) is 0 Å². The van der Waals surface area contributed by atoms with E-state index in [0.29, 0.717) is 11.1 Å². The van der Waals surface area contributed by atoms with Crippen LogP contribution in [0.3, 0.4) is 0 Å². The van der Waals surface area contributed by atoms with Gasteiger partial charge >= 0.3 is 0 Å². The summed E-state index contributed by atoms with van der Waals surface area (Å²) in [6.07, 6.45) is 1.22. The van der Waals surface area contributed by atoms with Crippen LogP contribution in [0.5, 0.6) is 0 Å². The van der Waals surface area contributed by atoms with Crippen molar-refractivity contribution in [1.82, 2.24) is 9.97 Å². The molecule has 2 aromatic rings. The zero-order chi connectivity index (χ0) is 11.7. The molecule has 0 aliphatic carbocycles. The lowest BCUT2D eigenvalue weighted by molar-refractivity contribution is 0.606. The second-order valence-electron chi connectivity index (χ2n) is 3.29. The number of benzene rings is 1. The summed E-state index contributed by atoms with van der Waals surface area (Å²) in [6, 6.07) is 4.46. The molecule has 1 aromatic carbocycles. The standard InChI is InChI=1S/C11H7BrF2N2/c1-6-2-3-7(4-8(6)13)10-9(14)11(12)16-5-15-10/h2-5H,1H3. The molecule has 0 amide bonds. The molecular formula is C11H7BrF2N2. The second-order valence-corrected chi connectivity index (χ2v) is 4.04. The third kappa shape index (κ3) is 1.95. The van der Waals surface area contributed by atoms with Gasteiger partial charge < -0.3 is 0 Å². The van der Waals surface area contributed by atoms with E-state index in [2.05, 4.69) is 25.9 Å². The minimum atomic E-state index is -0.592. The van der Waals surface area contributed by atoms with E-state index >= 15 is 0 Å². The van der Waals surface area contributed by atoms with Gasteiger partial charge in [-0.1, -0.05) is 12.1 Å². The van der Waals surface area contributed by atoms with Crippen molar-refractivity contribution >= 4 is 15.9 Å². The molecule has 0 fully saturated rings. The zero-order valence-corrected chi connectivity index (χ0v) is 9.92. The number of rotatable bonds is 1. The highest BCUT2D eigenvalue weighted by Gasteiger charge is 2.12. The second kappa shape index (κ2) is 4.25. The van der Waals surface area contributed by atoms with Crippen LogP contribution < -0.4 is 0 Å². The van der Waals surface area contributed by atoms with Crippen LogP contribution >= 0.6 is 15.9 Å². The maximum Gasteiger partial charge on any atom is 0.182 e. The highest BCUT2D eigenvalue weighted by atomic mass is 79.9. The molecule has 0 spiro atoms. The monoisotopic (exact) mass is 284 g/mol. The summed E-state index contributed by atoms with van der Waals surface area (Å²) in [5.41, 5.74) is 0.988. The van der Waals surface area contributed by atoms with Gasteiger partial charge in [-0.2, -0.15) is 0 Å². The molecule has 0 N–H and O–H groups in total. The summed E-state index contributed by atoms with van der Waals surface area (Å²) in [7, 11) is 0. The molecule has 0 saturated heterocycles. The summed E-state index contributed by atoms with van der Waals surface area (Å²) in [5.74, 6) is -0.975. The van der Waals surface area contributed by atoms with Crippen molar-refractivity contribution in [2.45, 2.75) is 6.92 Å². The lowest BCUT2D eigenvalue weighted by atomic mass is 10.1. The van der Waals surface area contributed by atoms with Crippen molar-refractivity contribution in [2.75, 3.05) is 0 Å². The van der Waals surface area contributed by atoms with Gasteiger partial charge in [0.05, 0.1) is 0 Å². The van der Waals surface area contributed by atoms with E-state index < -0.39 is 5.82 Å². The summed E-state index contributed by atoms with van der Waals surface area (Å²) < 4.78 is 27.0. The fourth-order valence-electron chi connectivity index (χ4n) is 1.29. The van der Waals surface area contributed by atoms with Gasteiger partial charge in [-0.25, -0.2) is 18.7 Å². The molecule has 0 bridgehead atoms. The van der Waals surface area contributed by atoms with Crippen LogP contribution in [0.2, 0.25) is 0 Å². The molecule has 0 aliphatic heterocycles. The van der Waals surface area contributed by atoms with Gasteiger partial charge in [0.2, 0.25) is 0 Å². The van der Waals surface area contributed by atoms with Gasteiger partial charge in [0.1, 0.15) is 22.4 Å². The average molecular weight is 285 g/mol. The van der Waals surface area contributed by atoms with E-state index in [0.717, 1.165) is 0 Å². The zero-order valence-electron chi connectivity index (χ0n) is 8.34. The fourth-order valence-corrected chi connectivity index (χ4v) is 1.57. The van der Waals surface area contributed by atoms with Gasteiger partial charge in [-0.15, -0.1) is 0 Å². The summed E-state index contributed by atoms with van der Waals surface area (Å²) >= 11 is 2.96. The Labute approximate surface area is 99.5 Å². The number of aryl methyl sites for hydroxylation is 1. The average Bonchev–Trinajstić information content (AvgIpc) is 2.26. The van der Waals surface area contributed by atoms with Crippen LogP contribution in [0.4, 0.5) is 8.78 Å². The number of hydrogen-bond acceptors (Lipinski definition) is 2. The smallest absolute Gasteiger partial charge is 0.182 e. The maximum atomic E-state index is 13.6. The molecule has 2 rings (SSSR count). The van der Waals surface area contributed by atoms with E-state index in [9.17, 15) is 8.78 Å².